The standard InChI is InChI=1S/C6H12O9S/c7-1-3(8)5(10)6(11)4(9)2-15-16(12,13)14/h1,3-6,8-11H,2H2,(H,12,13,14)/t3-,4+,5+,6+/m0/s1. The van der Waals surface area contributed by atoms with Crippen molar-refractivity contribution in [2.75, 3.05) is 6.61 Å². The van der Waals surface area contributed by atoms with Crippen LogP contribution in [0.1, 0.15) is 0 Å². The average molecular weight is 260 g/mol. The van der Waals surface area contributed by atoms with E-state index in [4.69, 9.17) is 25.0 Å². The maximum absolute atomic E-state index is 10.1. The van der Waals surface area contributed by atoms with E-state index in [-0.39, 0.29) is 6.29 Å². The van der Waals surface area contributed by atoms with E-state index in [0.717, 1.165) is 0 Å². The van der Waals surface area contributed by atoms with E-state index in [2.05, 4.69) is 4.18 Å². The van der Waals surface area contributed by atoms with Crippen LogP contribution in [-0.2, 0) is 19.4 Å². The van der Waals surface area contributed by atoms with E-state index < -0.39 is 41.4 Å². The van der Waals surface area contributed by atoms with Gasteiger partial charge in [0.1, 0.15) is 24.4 Å². The van der Waals surface area contributed by atoms with Crippen molar-refractivity contribution in [3.8, 4) is 0 Å². The molecule has 0 radical (unpaired) electrons. The van der Waals surface area contributed by atoms with Gasteiger partial charge in [-0.05, 0) is 0 Å². The minimum absolute atomic E-state index is 0.0791. The molecule has 10 heteroatoms. The Morgan fingerprint density at radius 1 is 1.12 bits per heavy atom. The van der Waals surface area contributed by atoms with Crippen LogP contribution in [0.2, 0.25) is 0 Å². The Balaban J connectivity index is 4.27. The van der Waals surface area contributed by atoms with Gasteiger partial charge in [-0.3, -0.25) is 4.55 Å². The first kappa shape index (κ1) is 15.4. The van der Waals surface area contributed by atoms with Crippen molar-refractivity contribution in [1.82, 2.24) is 0 Å². The molecule has 0 saturated carbocycles. The largest absolute Gasteiger partial charge is 0.397 e. The van der Waals surface area contributed by atoms with E-state index in [0.29, 0.717) is 0 Å². The van der Waals surface area contributed by atoms with E-state index in [1.54, 1.807) is 0 Å². The zero-order chi connectivity index (χ0) is 12.9. The number of hydrogen-bond donors (Lipinski definition) is 5. The van der Waals surface area contributed by atoms with Crippen LogP contribution in [0.4, 0.5) is 0 Å². The van der Waals surface area contributed by atoms with Crippen molar-refractivity contribution < 1.29 is 42.4 Å². The smallest absolute Gasteiger partial charge is 0.388 e. The highest BCUT2D eigenvalue weighted by Crippen LogP contribution is 2.05. The van der Waals surface area contributed by atoms with E-state index >= 15 is 0 Å². The second-order valence-electron chi connectivity index (χ2n) is 2.89. The number of carbonyl (C=O) groups excluding carboxylic acids is 1. The maximum atomic E-state index is 10.1. The molecule has 0 spiro atoms. The van der Waals surface area contributed by atoms with Crippen LogP contribution >= 0.6 is 0 Å². The van der Waals surface area contributed by atoms with Gasteiger partial charge in [0.25, 0.3) is 0 Å². The summed E-state index contributed by atoms with van der Waals surface area (Å²) in [6.07, 6.45) is -7.94. The monoisotopic (exact) mass is 260 g/mol. The molecule has 0 aliphatic carbocycles. The van der Waals surface area contributed by atoms with Crippen molar-refractivity contribution in [1.29, 1.82) is 0 Å². The van der Waals surface area contributed by atoms with Crippen molar-refractivity contribution >= 4 is 16.7 Å². The number of carbonyl (C=O) groups is 1. The van der Waals surface area contributed by atoms with E-state index in [1.807, 2.05) is 0 Å². The quantitative estimate of drug-likeness (QED) is 0.230. The highest BCUT2D eigenvalue weighted by atomic mass is 32.3. The van der Waals surface area contributed by atoms with Crippen LogP contribution in [0.3, 0.4) is 0 Å². The number of hydrogen-bond acceptors (Lipinski definition) is 8. The van der Waals surface area contributed by atoms with Gasteiger partial charge in [-0.2, -0.15) is 8.42 Å². The molecular weight excluding hydrogens is 248 g/mol. The van der Waals surface area contributed by atoms with Gasteiger partial charge >= 0.3 is 10.4 Å². The van der Waals surface area contributed by atoms with Crippen LogP contribution in [0.15, 0.2) is 0 Å². The lowest BCUT2D eigenvalue weighted by atomic mass is 10.0. The van der Waals surface area contributed by atoms with Crippen LogP contribution in [-0.4, -0.2) is 70.7 Å². The zero-order valence-corrected chi connectivity index (χ0v) is 8.69. The topological polar surface area (TPSA) is 162 Å². The number of aldehydes is 1. The lowest BCUT2D eigenvalue weighted by molar-refractivity contribution is -0.135. The van der Waals surface area contributed by atoms with Gasteiger partial charge in [-0.15, -0.1) is 0 Å². The predicted octanol–water partition coefficient (Wildman–Crippen LogP) is -3.55. The van der Waals surface area contributed by atoms with Gasteiger partial charge in [0.2, 0.25) is 0 Å². The minimum atomic E-state index is -4.79. The molecular formula is C6H12O9S. The lowest BCUT2D eigenvalue weighted by Crippen LogP contribution is -2.46. The molecule has 9 nitrogen and oxygen atoms in total. The fourth-order valence-corrected chi connectivity index (χ4v) is 1.08. The Kier molecular flexibility index (Phi) is 5.96. The number of aliphatic hydroxyl groups is 4. The fourth-order valence-electron chi connectivity index (χ4n) is 0.764. The summed E-state index contributed by atoms with van der Waals surface area (Å²) in [4.78, 5) is 10.0. The molecule has 16 heavy (non-hydrogen) atoms. The van der Waals surface area contributed by atoms with Gasteiger partial charge in [0.05, 0.1) is 6.61 Å². The summed E-state index contributed by atoms with van der Waals surface area (Å²) in [6.45, 7) is -1.04. The summed E-state index contributed by atoms with van der Waals surface area (Å²) >= 11 is 0. The second-order valence-corrected chi connectivity index (χ2v) is 3.98. The molecule has 0 heterocycles. The predicted molar refractivity (Wildman–Crippen MR) is 47.6 cm³/mol. The summed E-state index contributed by atoms with van der Waals surface area (Å²) in [5, 5.41) is 36.0. The Labute approximate surface area is 90.9 Å². The lowest BCUT2D eigenvalue weighted by Gasteiger charge is -2.23. The van der Waals surface area contributed by atoms with Gasteiger partial charge < -0.3 is 25.2 Å². The Bertz CT molecular complexity index is 312. The molecule has 0 amide bonds. The highest BCUT2D eigenvalue weighted by Gasteiger charge is 2.31. The van der Waals surface area contributed by atoms with Crippen LogP contribution in [0.5, 0.6) is 0 Å². The third-order valence-corrected chi connectivity index (χ3v) is 2.06. The van der Waals surface area contributed by atoms with Crippen LogP contribution in [0.25, 0.3) is 0 Å². The first-order chi connectivity index (χ1) is 7.19. The third kappa shape index (κ3) is 5.46. The fraction of sp³-hybridized carbons (Fsp3) is 0.833. The Morgan fingerprint density at radius 2 is 1.62 bits per heavy atom. The number of rotatable bonds is 7. The second kappa shape index (κ2) is 6.20. The van der Waals surface area contributed by atoms with Gasteiger partial charge in [-0.25, -0.2) is 4.18 Å². The maximum Gasteiger partial charge on any atom is 0.397 e. The van der Waals surface area contributed by atoms with Gasteiger partial charge in [0, 0.05) is 0 Å². The summed E-state index contributed by atoms with van der Waals surface area (Å²) in [7, 11) is -4.79. The summed E-state index contributed by atoms with van der Waals surface area (Å²) in [5.74, 6) is 0. The van der Waals surface area contributed by atoms with Crippen molar-refractivity contribution in [3.63, 3.8) is 0 Å². The molecule has 0 unspecified atom stereocenters. The summed E-state index contributed by atoms with van der Waals surface area (Å²) in [5.41, 5.74) is 0. The highest BCUT2D eigenvalue weighted by molar-refractivity contribution is 7.80. The molecule has 0 rings (SSSR count). The minimum Gasteiger partial charge on any atom is -0.388 e. The van der Waals surface area contributed by atoms with Crippen LogP contribution in [0, 0.1) is 0 Å². The van der Waals surface area contributed by atoms with Gasteiger partial charge in [-0.1, -0.05) is 0 Å². The first-order valence-corrected chi connectivity index (χ1v) is 5.35. The Morgan fingerprint density at radius 3 is 2.00 bits per heavy atom. The molecule has 0 bridgehead atoms. The molecule has 0 fully saturated rings. The van der Waals surface area contributed by atoms with Crippen molar-refractivity contribution in [3.05, 3.63) is 0 Å². The zero-order valence-electron chi connectivity index (χ0n) is 7.87. The molecule has 0 aromatic rings. The number of aliphatic hydroxyl groups excluding tert-OH is 4. The molecule has 4 atom stereocenters. The SMILES string of the molecule is O=C[C@H](O)[C@@H](O)[C@H](O)[C@H](O)COS(=O)(=O)O. The first-order valence-electron chi connectivity index (χ1n) is 3.98. The van der Waals surface area contributed by atoms with Crippen LogP contribution < -0.4 is 0 Å². The molecule has 5 N–H and O–H groups in total. The molecule has 0 aliphatic rings. The molecule has 0 aromatic carbocycles. The van der Waals surface area contributed by atoms with E-state index in [1.165, 1.54) is 0 Å². The molecule has 0 saturated heterocycles. The van der Waals surface area contributed by atoms with E-state index in [9.17, 15) is 13.2 Å². The van der Waals surface area contributed by atoms with Crippen molar-refractivity contribution in [2.24, 2.45) is 0 Å². The van der Waals surface area contributed by atoms with Crippen molar-refractivity contribution in [2.45, 2.75) is 24.4 Å². The average Bonchev–Trinajstić information content (AvgIpc) is 2.21. The normalized spacial score (nSPS) is 19.8. The molecule has 0 aliphatic heterocycles. The molecule has 0 aromatic heterocycles. The third-order valence-electron chi connectivity index (χ3n) is 1.62. The van der Waals surface area contributed by atoms with Gasteiger partial charge in [0.15, 0.2) is 6.29 Å². The molecule has 96 valence electrons. The summed E-state index contributed by atoms with van der Waals surface area (Å²) < 4.78 is 32.0. The summed E-state index contributed by atoms with van der Waals surface area (Å²) in [6, 6.07) is 0. The Hall–Kier alpha value is -0.620.